The van der Waals surface area contributed by atoms with Gasteiger partial charge in [-0.25, -0.2) is 8.78 Å². The first-order chi connectivity index (χ1) is 18.0. The zero-order chi connectivity index (χ0) is 29.3. The smallest absolute Gasteiger partial charge is 0.320 e. The molecule has 0 bridgehead atoms. The average Bonchev–Trinajstić information content (AvgIpc) is 2.85. The van der Waals surface area contributed by atoms with E-state index in [2.05, 4.69) is 10.3 Å². The minimum Gasteiger partial charge on any atom is -0.320 e. The maximum Gasteiger partial charge on any atom is 0.435 e. The SMILES string of the molecule is CCN(C(=O)c1cccnc1)c1cccc(C(=O)Nc2c(C)cc(C(F)(C(F)(F)F)C(F)(F)F)cc2Cl)c1F. The average molecular weight is 580 g/mol. The van der Waals surface area contributed by atoms with E-state index in [0.717, 1.165) is 17.9 Å². The summed E-state index contributed by atoms with van der Waals surface area (Å²) in [6.45, 7) is 2.53. The second-order valence-corrected chi connectivity index (χ2v) is 8.60. The lowest BCUT2D eigenvalue weighted by Crippen LogP contribution is -2.50. The first kappa shape index (κ1) is 29.8. The predicted octanol–water partition coefficient (Wildman–Crippen LogP) is 7.39. The number of aromatic nitrogens is 1. The third-order valence-corrected chi connectivity index (χ3v) is 5.99. The van der Waals surface area contributed by atoms with Crippen LogP contribution in [0.15, 0.2) is 54.9 Å². The summed E-state index contributed by atoms with van der Waals surface area (Å²) in [7, 11) is 0. The molecule has 1 heterocycles. The molecule has 2 aromatic carbocycles. The Morgan fingerprint density at radius 1 is 1.00 bits per heavy atom. The number of carbonyl (C=O) groups is 2. The highest BCUT2D eigenvalue weighted by Gasteiger charge is 2.73. The Balaban J connectivity index is 1.98. The molecule has 1 N–H and O–H groups in total. The van der Waals surface area contributed by atoms with E-state index >= 15 is 4.39 Å². The standard InChI is InChI=1S/C25H18ClF8N3O2/c1-3-37(22(39)14-6-5-9-35-12-14)18-8-4-7-16(19(18)27)21(38)36-20-13(2)10-15(11-17(20)26)23(28,24(29,30)31)25(32,33)34/h4-12H,3H2,1-2H3,(H,36,38). The molecule has 0 aliphatic heterocycles. The lowest BCUT2D eigenvalue weighted by molar-refractivity contribution is -0.348. The van der Waals surface area contributed by atoms with Crippen molar-refractivity contribution in [2.24, 2.45) is 0 Å². The van der Waals surface area contributed by atoms with Crippen molar-refractivity contribution in [3.8, 4) is 0 Å². The van der Waals surface area contributed by atoms with Crippen molar-refractivity contribution in [1.82, 2.24) is 4.98 Å². The van der Waals surface area contributed by atoms with E-state index in [0.29, 0.717) is 0 Å². The summed E-state index contributed by atoms with van der Waals surface area (Å²) in [5, 5.41) is 1.27. The highest BCUT2D eigenvalue weighted by atomic mass is 35.5. The Morgan fingerprint density at radius 2 is 1.64 bits per heavy atom. The van der Waals surface area contributed by atoms with E-state index < -0.39 is 63.1 Å². The molecule has 0 spiro atoms. The van der Waals surface area contributed by atoms with E-state index in [1.165, 1.54) is 36.7 Å². The molecule has 5 nitrogen and oxygen atoms in total. The topological polar surface area (TPSA) is 62.3 Å². The number of rotatable bonds is 6. The monoisotopic (exact) mass is 579 g/mol. The molecule has 3 rings (SSSR count). The molecule has 2 amide bonds. The van der Waals surface area contributed by atoms with Crippen molar-refractivity contribution in [3.63, 3.8) is 0 Å². The third kappa shape index (κ3) is 5.54. The predicted molar refractivity (Wildman–Crippen MR) is 127 cm³/mol. The normalized spacial score (nSPS) is 12.3. The number of pyridine rings is 1. The van der Waals surface area contributed by atoms with Gasteiger partial charge in [-0.3, -0.25) is 14.6 Å². The van der Waals surface area contributed by atoms with Gasteiger partial charge in [0.25, 0.3) is 11.8 Å². The first-order valence-electron chi connectivity index (χ1n) is 11.0. The van der Waals surface area contributed by atoms with Gasteiger partial charge in [0.1, 0.15) is 0 Å². The van der Waals surface area contributed by atoms with E-state index in [1.807, 2.05) is 0 Å². The second kappa shape index (κ2) is 10.8. The summed E-state index contributed by atoms with van der Waals surface area (Å²) in [5.41, 5.74) is -9.27. The third-order valence-electron chi connectivity index (χ3n) is 5.69. The fraction of sp³-hybridized carbons (Fsp3) is 0.240. The molecule has 0 radical (unpaired) electrons. The van der Waals surface area contributed by atoms with Gasteiger partial charge in [-0.15, -0.1) is 0 Å². The van der Waals surface area contributed by atoms with Crippen LogP contribution in [-0.2, 0) is 5.67 Å². The minimum absolute atomic E-state index is 0.00842. The van der Waals surface area contributed by atoms with Crippen LogP contribution in [0.5, 0.6) is 0 Å². The summed E-state index contributed by atoms with van der Waals surface area (Å²) in [5.74, 6) is -2.95. The van der Waals surface area contributed by atoms with Gasteiger partial charge in [0.15, 0.2) is 5.82 Å². The maximum absolute atomic E-state index is 15.4. The molecule has 14 heteroatoms. The fourth-order valence-corrected chi connectivity index (χ4v) is 4.06. The number of carbonyl (C=O) groups excluding carboxylic acids is 2. The minimum atomic E-state index is -6.37. The second-order valence-electron chi connectivity index (χ2n) is 8.19. The van der Waals surface area contributed by atoms with Crippen LogP contribution in [0.3, 0.4) is 0 Å². The van der Waals surface area contributed by atoms with Crippen LogP contribution in [0.4, 0.5) is 46.5 Å². The lowest BCUT2D eigenvalue weighted by atomic mass is 9.92. The molecule has 0 saturated carbocycles. The number of benzene rings is 2. The van der Waals surface area contributed by atoms with Crippen LogP contribution in [-0.4, -0.2) is 35.7 Å². The summed E-state index contributed by atoms with van der Waals surface area (Å²) < 4.78 is 109. The Kier molecular flexibility index (Phi) is 8.25. The zero-order valence-electron chi connectivity index (χ0n) is 20.0. The summed E-state index contributed by atoms with van der Waals surface area (Å²) >= 11 is 5.86. The van der Waals surface area contributed by atoms with Gasteiger partial charge in [-0.1, -0.05) is 23.7 Å². The van der Waals surface area contributed by atoms with Crippen LogP contribution >= 0.6 is 11.6 Å². The largest absolute Gasteiger partial charge is 0.435 e. The van der Waals surface area contributed by atoms with Crippen molar-refractivity contribution in [2.75, 3.05) is 16.8 Å². The molecular formula is C25H18ClF8N3O2. The summed E-state index contributed by atoms with van der Waals surface area (Å²) in [6, 6.07) is 6.79. The number of nitrogens with one attached hydrogen (secondary N) is 1. The number of hydrogen-bond acceptors (Lipinski definition) is 3. The number of aryl methyl sites for hydroxylation is 1. The van der Waals surface area contributed by atoms with Crippen LogP contribution in [0, 0.1) is 12.7 Å². The number of alkyl halides is 7. The Bertz CT molecular complexity index is 1360. The number of halogens is 9. The van der Waals surface area contributed by atoms with E-state index in [1.54, 1.807) is 6.92 Å². The molecule has 0 saturated heterocycles. The first-order valence-corrected chi connectivity index (χ1v) is 11.4. The van der Waals surface area contributed by atoms with Crippen LogP contribution in [0.25, 0.3) is 0 Å². The zero-order valence-corrected chi connectivity index (χ0v) is 20.8. The molecular weight excluding hydrogens is 562 g/mol. The highest BCUT2D eigenvalue weighted by molar-refractivity contribution is 6.34. The molecule has 0 atom stereocenters. The van der Waals surface area contributed by atoms with Gasteiger partial charge >= 0.3 is 18.0 Å². The summed E-state index contributed by atoms with van der Waals surface area (Å²) in [6.07, 6.45) is -10.0. The van der Waals surface area contributed by atoms with Crippen LogP contribution in [0.2, 0.25) is 5.02 Å². The van der Waals surface area contributed by atoms with Crippen LogP contribution < -0.4 is 10.2 Å². The Morgan fingerprint density at radius 3 is 2.15 bits per heavy atom. The van der Waals surface area contributed by atoms with E-state index in [4.69, 9.17) is 11.6 Å². The molecule has 1 aromatic heterocycles. The Hall–Kier alpha value is -3.74. The summed E-state index contributed by atoms with van der Waals surface area (Å²) in [4.78, 5) is 30.6. The van der Waals surface area contributed by atoms with Crippen molar-refractivity contribution in [2.45, 2.75) is 31.9 Å². The number of amides is 2. The number of hydrogen-bond donors (Lipinski definition) is 1. The molecule has 0 aliphatic rings. The highest BCUT2D eigenvalue weighted by Crippen LogP contribution is 2.54. The molecule has 0 unspecified atom stereocenters. The maximum atomic E-state index is 15.4. The van der Waals surface area contributed by atoms with Crippen molar-refractivity contribution < 1.29 is 44.7 Å². The van der Waals surface area contributed by atoms with Crippen LogP contribution in [0.1, 0.15) is 38.8 Å². The van der Waals surface area contributed by atoms with Crippen molar-refractivity contribution in [3.05, 3.63) is 88.0 Å². The van der Waals surface area contributed by atoms with Gasteiger partial charge in [0.2, 0.25) is 0 Å². The number of nitrogens with zero attached hydrogens (tertiary/aromatic N) is 2. The van der Waals surface area contributed by atoms with Crippen molar-refractivity contribution >= 4 is 34.8 Å². The van der Waals surface area contributed by atoms with Gasteiger partial charge in [-0.2, -0.15) is 26.3 Å². The molecule has 0 aliphatic carbocycles. The van der Waals surface area contributed by atoms with Gasteiger partial charge < -0.3 is 10.2 Å². The Labute approximate surface area is 221 Å². The van der Waals surface area contributed by atoms with E-state index in [9.17, 15) is 40.3 Å². The lowest BCUT2D eigenvalue weighted by Gasteiger charge is -2.31. The molecule has 208 valence electrons. The van der Waals surface area contributed by atoms with E-state index in [-0.39, 0.29) is 29.9 Å². The van der Waals surface area contributed by atoms with Gasteiger partial charge in [-0.05, 0) is 49.7 Å². The molecule has 39 heavy (non-hydrogen) atoms. The van der Waals surface area contributed by atoms with Gasteiger partial charge in [0.05, 0.1) is 27.5 Å². The molecule has 0 fully saturated rings. The van der Waals surface area contributed by atoms with Crippen molar-refractivity contribution in [1.29, 1.82) is 0 Å². The quantitative estimate of drug-likeness (QED) is 0.310. The number of anilines is 2. The van der Waals surface area contributed by atoms with Gasteiger partial charge in [0, 0.05) is 24.5 Å². The molecule has 3 aromatic rings. The fourth-order valence-electron chi connectivity index (χ4n) is 3.74.